The van der Waals surface area contributed by atoms with Crippen molar-refractivity contribution in [3.63, 3.8) is 0 Å². The average Bonchev–Trinajstić information content (AvgIpc) is 3.02. The average molecular weight is 485 g/mol. The zero-order valence-corrected chi connectivity index (χ0v) is 19.5. The van der Waals surface area contributed by atoms with E-state index in [1.165, 1.54) is 19.3 Å². The minimum Gasteiger partial charge on any atom is -0.496 e. The van der Waals surface area contributed by atoms with Crippen molar-refractivity contribution < 1.29 is 14.3 Å². The number of nitrogens with one attached hydrogen (secondary N) is 1. The Morgan fingerprint density at radius 1 is 1.10 bits per heavy atom. The third-order valence-electron chi connectivity index (χ3n) is 6.34. The third-order valence-corrected chi connectivity index (χ3v) is 6.83. The molecule has 1 heterocycles. The first-order valence-electron chi connectivity index (χ1n) is 11.1. The SMILES string of the molecule is COc1ccc(Br)cc1CN1C(=O)c2ccccc2[C@H]1C(=O)NC1CCCCCCC1. The van der Waals surface area contributed by atoms with Crippen LogP contribution in [0.5, 0.6) is 5.75 Å². The highest BCUT2D eigenvalue weighted by Crippen LogP contribution is 2.37. The van der Waals surface area contributed by atoms with E-state index >= 15 is 0 Å². The normalized spacial score (nSPS) is 19.5. The van der Waals surface area contributed by atoms with E-state index in [0.29, 0.717) is 17.9 Å². The summed E-state index contributed by atoms with van der Waals surface area (Å²) >= 11 is 3.50. The van der Waals surface area contributed by atoms with Crippen molar-refractivity contribution in [2.45, 2.75) is 63.6 Å². The summed E-state index contributed by atoms with van der Waals surface area (Å²) in [5.41, 5.74) is 2.25. The molecular formula is C25H29BrN2O3. The van der Waals surface area contributed by atoms with Gasteiger partial charge >= 0.3 is 0 Å². The molecule has 1 aliphatic heterocycles. The molecular weight excluding hydrogens is 456 g/mol. The maximum absolute atomic E-state index is 13.5. The highest BCUT2D eigenvalue weighted by atomic mass is 79.9. The van der Waals surface area contributed by atoms with Crippen molar-refractivity contribution >= 4 is 27.7 Å². The lowest BCUT2D eigenvalue weighted by Gasteiger charge is -2.28. The summed E-state index contributed by atoms with van der Waals surface area (Å²) in [4.78, 5) is 28.5. The van der Waals surface area contributed by atoms with Gasteiger partial charge in [0, 0.05) is 21.6 Å². The molecule has 1 N–H and O–H groups in total. The highest BCUT2D eigenvalue weighted by molar-refractivity contribution is 9.10. The van der Waals surface area contributed by atoms with Crippen LogP contribution in [-0.2, 0) is 11.3 Å². The Labute approximate surface area is 192 Å². The fourth-order valence-electron chi connectivity index (χ4n) is 4.75. The predicted molar refractivity (Wildman–Crippen MR) is 124 cm³/mol. The van der Waals surface area contributed by atoms with Gasteiger partial charge in [0.15, 0.2) is 0 Å². The Morgan fingerprint density at radius 3 is 2.55 bits per heavy atom. The van der Waals surface area contributed by atoms with Crippen LogP contribution in [0.25, 0.3) is 0 Å². The number of nitrogens with zero attached hydrogens (tertiary/aromatic N) is 1. The van der Waals surface area contributed by atoms with E-state index in [-0.39, 0.29) is 17.9 Å². The summed E-state index contributed by atoms with van der Waals surface area (Å²) in [6.07, 6.45) is 8.04. The van der Waals surface area contributed by atoms with Gasteiger partial charge in [-0.05, 0) is 42.7 Å². The van der Waals surface area contributed by atoms with E-state index in [4.69, 9.17) is 4.74 Å². The number of fused-ring (bicyclic) bond motifs is 1. The van der Waals surface area contributed by atoms with Gasteiger partial charge < -0.3 is 15.0 Å². The Kier molecular flexibility index (Phi) is 6.96. The molecule has 1 saturated carbocycles. The summed E-state index contributed by atoms with van der Waals surface area (Å²) in [5.74, 6) is 0.499. The fraction of sp³-hybridized carbons (Fsp3) is 0.440. The summed E-state index contributed by atoms with van der Waals surface area (Å²) < 4.78 is 6.41. The van der Waals surface area contributed by atoms with Gasteiger partial charge in [0.05, 0.1) is 13.7 Å². The van der Waals surface area contributed by atoms with E-state index < -0.39 is 6.04 Å². The van der Waals surface area contributed by atoms with Crippen molar-refractivity contribution in [2.24, 2.45) is 0 Å². The van der Waals surface area contributed by atoms with Gasteiger partial charge in [0.25, 0.3) is 5.91 Å². The van der Waals surface area contributed by atoms with Gasteiger partial charge in [0.1, 0.15) is 11.8 Å². The number of methoxy groups -OCH3 is 1. The number of rotatable bonds is 5. The molecule has 0 saturated heterocycles. The molecule has 164 valence electrons. The van der Waals surface area contributed by atoms with Gasteiger partial charge in [-0.1, -0.05) is 66.2 Å². The summed E-state index contributed by atoms with van der Waals surface area (Å²) in [6.45, 7) is 0.304. The van der Waals surface area contributed by atoms with E-state index in [2.05, 4.69) is 21.2 Å². The Morgan fingerprint density at radius 2 is 1.81 bits per heavy atom. The standard InChI is InChI=1S/C25H29BrN2O3/c1-31-22-14-13-18(26)15-17(22)16-28-23(20-11-7-8-12-21(20)25(28)30)24(29)27-19-9-5-3-2-4-6-10-19/h7-8,11-15,19,23H,2-6,9-10,16H2,1H3,(H,27,29)/t23-/m0/s1. The lowest BCUT2D eigenvalue weighted by molar-refractivity contribution is -0.126. The fourth-order valence-corrected chi connectivity index (χ4v) is 5.16. The van der Waals surface area contributed by atoms with E-state index in [0.717, 1.165) is 41.3 Å². The monoisotopic (exact) mass is 484 g/mol. The van der Waals surface area contributed by atoms with Crippen LogP contribution >= 0.6 is 15.9 Å². The lowest BCUT2D eigenvalue weighted by Crippen LogP contribution is -2.43. The van der Waals surface area contributed by atoms with Crippen LogP contribution in [0.3, 0.4) is 0 Å². The first kappa shape index (κ1) is 21.9. The molecule has 0 bridgehead atoms. The van der Waals surface area contributed by atoms with Crippen molar-refractivity contribution in [3.05, 3.63) is 63.6 Å². The molecule has 1 aliphatic carbocycles. The molecule has 1 fully saturated rings. The number of carbonyl (C=O) groups is 2. The van der Waals surface area contributed by atoms with Crippen LogP contribution in [-0.4, -0.2) is 29.9 Å². The first-order valence-corrected chi connectivity index (χ1v) is 11.9. The number of ether oxygens (including phenoxy) is 1. The van der Waals surface area contributed by atoms with E-state index in [1.54, 1.807) is 12.0 Å². The van der Waals surface area contributed by atoms with Crippen LogP contribution in [0, 0.1) is 0 Å². The topological polar surface area (TPSA) is 58.6 Å². The zero-order chi connectivity index (χ0) is 21.8. The van der Waals surface area contributed by atoms with E-state index in [9.17, 15) is 9.59 Å². The number of hydrogen-bond donors (Lipinski definition) is 1. The molecule has 2 aliphatic rings. The van der Waals surface area contributed by atoms with Gasteiger partial charge in [0.2, 0.25) is 5.91 Å². The highest BCUT2D eigenvalue weighted by Gasteiger charge is 2.41. The molecule has 2 aromatic carbocycles. The zero-order valence-electron chi connectivity index (χ0n) is 17.9. The molecule has 31 heavy (non-hydrogen) atoms. The summed E-state index contributed by atoms with van der Waals surface area (Å²) in [6, 6.07) is 12.7. The number of halogens is 1. The van der Waals surface area contributed by atoms with E-state index in [1.807, 2.05) is 42.5 Å². The maximum Gasteiger partial charge on any atom is 0.255 e. The van der Waals surface area contributed by atoms with Crippen LogP contribution in [0.4, 0.5) is 0 Å². The Hall–Kier alpha value is -2.34. The Bertz CT molecular complexity index is 954. The number of hydrogen-bond acceptors (Lipinski definition) is 3. The van der Waals surface area contributed by atoms with Gasteiger partial charge in [-0.3, -0.25) is 9.59 Å². The summed E-state index contributed by atoms with van der Waals surface area (Å²) in [7, 11) is 1.62. The Balaban J connectivity index is 1.61. The summed E-state index contributed by atoms with van der Waals surface area (Å²) in [5, 5.41) is 3.27. The number of amides is 2. The molecule has 1 atom stereocenters. The van der Waals surface area contributed by atoms with Gasteiger partial charge in [-0.25, -0.2) is 0 Å². The number of benzene rings is 2. The smallest absolute Gasteiger partial charge is 0.255 e. The molecule has 0 spiro atoms. The lowest BCUT2D eigenvalue weighted by atomic mass is 9.96. The van der Waals surface area contributed by atoms with Crippen molar-refractivity contribution in [1.29, 1.82) is 0 Å². The predicted octanol–water partition coefficient (Wildman–Crippen LogP) is 5.38. The van der Waals surface area contributed by atoms with Crippen molar-refractivity contribution in [3.8, 4) is 5.75 Å². The van der Waals surface area contributed by atoms with Crippen LogP contribution in [0.2, 0.25) is 0 Å². The van der Waals surface area contributed by atoms with Crippen LogP contribution in [0.15, 0.2) is 46.9 Å². The molecule has 2 amide bonds. The largest absolute Gasteiger partial charge is 0.496 e. The molecule has 0 unspecified atom stereocenters. The second-order valence-corrected chi connectivity index (χ2v) is 9.35. The van der Waals surface area contributed by atoms with Gasteiger partial charge in [-0.15, -0.1) is 0 Å². The third kappa shape index (κ3) is 4.79. The van der Waals surface area contributed by atoms with Crippen molar-refractivity contribution in [2.75, 3.05) is 7.11 Å². The quantitative estimate of drug-likeness (QED) is 0.619. The molecule has 2 aromatic rings. The van der Waals surface area contributed by atoms with Crippen molar-refractivity contribution in [1.82, 2.24) is 10.2 Å². The molecule has 0 aromatic heterocycles. The second kappa shape index (κ2) is 9.86. The molecule has 0 radical (unpaired) electrons. The van der Waals surface area contributed by atoms with Gasteiger partial charge in [-0.2, -0.15) is 0 Å². The minimum atomic E-state index is -0.627. The minimum absolute atomic E-state index is 0.0853. The molecule has 4 rings (SSSR count). The number of carbonyl (C=O) groups excluding carboxylic acids is 2. The second-order valence-electron chi connectivity index (χ2n) is 8.43. The molecule has 5 nitrogen and oxygen atoms in total. The molecule has 6 heteroatoms. The maximum atomic E-state index is 13.5. The van der Waals surface area contributed by atoms with Crippen LogP contribution in [0.1, 0.15) is 72.5 Å². The van der Waals surface area contributed by atoms with Crippen LogP contribution < -0.4 is 10.1 Å². The first-order chi connectivity index (χ1) is 15.1.